The molecule has 8 heteroatoms. The number of alkyl halides is 3. The Morgan fingerprint density at radius 1 is 1.05 bits per heavy atom. The Kier molecular flexibility index (Phi) is 7.27. The first-order valence-electron chi connectivity index (χ1n) is 13.2. The number of benzene rings is 2. The van der Waals surface area contributed by atoms with Gasteiger partial charge in [0.15, 0.2) is 0 Å². The molecule has 1 saturated heterocycles. The number of para-hydroxylation sites is 1. The average Bonchev–Trinajstić information content (AvgIpc) is 2.93. The van der Waals surface area contributed by atoms with Gasteiger partial charge in [0, 0.05) is 37.2 Å². The minimum Gasteiger partial charge on any atom is -0.496 e. The van der Waals surface area contributed by atoms with E-state index in [-0.39, 0.29) is 22.8 Å². The number of piperidine rings is 1. The molecule has 202 valence electrons. The van der Waals surface area contributed by atoms with Crippen molar-refractivity contribution in [2.45, 2.75) is 44.8 Å². The first-order valence-corrected chi connectivity index (χ1v) is 13.2. The number of nitrogens with one attached hydrogen (secondary N) is 1. The molecular weight excluding hydrogens is 491 g/mol. The highest BCUT2D eigenvalue weighted by molar-refractivity contribution is 5.68. The number of hydrogen-bond acceptors (Lipinski definition) is 5. The van der Waals surface area contributed by atoms with Crippen LogP contribution in [0.2, 0.25) is 0 Å². The van der Waals surface area contributed by atoms with Crippen LogP contribution in [0.5, 0.6) is 11.5 Å². The molecule has 1 spiro atoms. The van der Waals surface area contributed by atoms with Crippen LogP contribution in [0, 0.1) is 5.92 Å². The van der Waals surface area contributed by atoms with Gasteiger partial charge in [-0.1, -0.05) is 37.6 Å². The molecule has 5 nitrogen and oxygen atoms in total. The predicted molar refractivity (Wildman–Crippen MR) is 143 cm³/mol. The van der Waals surface area contributed by atoms with Crippen LogP contribution in [0.15, 0.2) is 54.6 Å². The fourth-order valence-corrected chi connectivity index (χ4v) is 6.33. The Hall–Kier alpha value is -3.26. The molecule has 0 aliphatic carbocycles. The van der Waals surface area contributed by atoms with Crippen molar-refractivity contribution in [1.82, 2.24) is 10.3 Å². The highest BCUT2D eigenvalue weighted by Crippen LogP contribution is 2.48. The van der Waals surface area contributed by atoms with Crippen LogP contribution in [0.3, 0.4) is 0 Å². The molecule has 0 amide bonds. The molecule has 1 N–H and O–H groups in total. The van der Waals surface area contributed by atoms with Crippen LogP contribution in [-0.4, -0.2) is 38.3 Å². The maximum absolute atomic E-state index is 14.1. The summed E-state index contributed by atoms with van der Waals surface area (Å²) < 4.78 is 53.2. The van der Waals surface area contributed by atoms with Crippen molar-refractivity contribution in [2.24, 2.45) is 5.92 Å². The molecule has 3 aromatic rings. The van der Waals surface area contributed by atoms with Gasteiger partial charge in [-0.3, -0.25) is 4.98 Å². The summed E-state index contributed by atoms with van der Waals surface area (Å²) in [6.07, 6.45) is -2.93. The lowest BCUT2D eigenvalue weighted by Gasteiger charge is -2.51. The van der Waals surface area contributed by atoms with Crippen LogP contribution in [0.25, 0.3) is 11.3 Å². The lowest BCUT2D eigenvalue weighted by molar-refractivity contribution is -0.138. The summed E-state index contributed by atoms with van der Waals surface area (Å²) in [5.74, 6) is 0.815. The van der Waals surface area contributed by atoms with Gasteiger partial charge in [0.05, 0.1) is 30.8 Å². The third-order valence-electron chi connectivity index (χ3n) is 8.10. The largest absolute Gasteiger partial charge is 0.496 e. The number of halogens is 3. The van der Waals surface area contributed by atoms with E-state index in [4.69, 9.17) is 14.5 Å². The first-order chi connectivity index (χ1) is 18.3. The molecule has 1 aromatic heterocycles. The highest BCUT2D eigenvalue weighted by atomic mass is 19.4. The Balaban J connectivity index is 1.50. The fraction of sp³-hybridized carbons (Fsp3) is 0.433. The Morgan fingerprint density at radius 3 is 2.58 bits per heavy atom. The van der Waals surface area contributed by atoms with Crippen molar-refractivity contribution in [2.75, 3.05) is 38.3 Å². The van der Waals surface area contributed by atoms with E-state index >= 15 is 0 Å². The van der Waals surface area contributed by atoms with Crippen molar-refractivity contribution in [1.29, 1.82) is 0 Å². The summed E-state index contributed by atoms with van der Waals surface area (Å²) in [4.78, 5) is 6.96. The molecular formula is C30H34F3N3O2. The Bertz CT molecular complexity index is 1300. The van der Waals surface area contributed by atoms with E-state index < -0.39 is 11.7 Å². The third-order valence-corrected chi connectivity index (χ3v) is 8.10. The Labute approximate surface area is 222 Å². The van der Waals surface area contributed by atoms with Gasteiger partial charge in [-0.25, -0.2) is 0 Å². The van der Waals surface area contributed by atoms with Crippen LogP contribution >= 0.6 is 0 Å². The van der Waals surface area contributed by atoms with E-state index in [1.165, 1.54) is 18.7 Å². The van der Waals surface area contributed by atoms with Gasteiger partial charge in [-0.05, 0) is 55.2 Å². The number of aromatic nitrogens is 1. The van der Waals surface area contributed by atoms with Gasteiger partial charge in [0.25, 0.3) is 0 Å². The van der Waals surface area contributed by atoms with E-state index in [0.29, 0.717) is 26.2 Å². The second kappa shape index (κ2) is 10.5. The molecule has 2 atom stereocenters. The number of anilines is 1. The normalized spacial score (nSPS) is 21.3. The zero-order valence-corrected chi connectivity index (χ0v) is 22.1. The molecule has 5 rings (SSSR count). The fourth-order valence-electron chi connectivity index (χ4n) is 6.33. The second-order valence-corrected chi connectivity index (χ2v) is 10.0. The number of nitrogens with zero attached hydrogens (tertiary/aromatic N) is 2. The maximum Gasteiger partial charge on any atom is 0.421 e. The van der Waals surface area contributed by atoms with E-state index in [1.54, 1.807) is 12.1 Å². The van der Waals surface area contributed by atoms with Crippen molar-refractivity contribution in [3.63, 3.8) is 0 Å². The van der Waals surface area contributed by atoms with Crippen LogP contribution in [0.1, 0.15) is 43.5 Å². The van der Waals surface area contributed by atoms with Gasteiger partial charge < -0.3 is 19.7 Å². The molecule has 3 heterocycles. The third kappa shape index (κ3) is 4.59. The topological polar surface area (TPSA) is 46.6 Å². The van der Waals surface area contributed by atoms with Crippen molar-refractivity contribution in [3.8, 4) is 22.8 Å². The highest BCUT2D eigenvalue weighted by Gasteiger charge is 2.48. The van der Waals surface area contributed by atoms with Gasteiger partial charge in [-0.2, -0.15) is 13.2 Å². The lowest BCUT2D eigenvalue weighted by atomic mass is 9.63. The van der Waals surface area contributed by atoms with Gasteiger partial charge >= 0.3 is 6.18 Å². The van der Waals surface area contributed by atoms with Crippen LogP contribution in [-0.2, 0) is 18.1 Å². The van der Waals surface area contributed by atoms with Gasteiger partial charge in [0.2, 0.25) is 0 Å². The number of methoxy groups -OCH3 is 1. The van der Waals surface area contributed by atoms with E-state index in [2.05, 4.69) is 24.4 Å². The summed E-state index contributed by atoms with van der Waals surface area (Å²) in [5.41, 5.74) is 3.33. The zero-order valence-electron chi connectivity index (χ0n) is 22.1. The SMILES string of the molecule is CCOc1ccccc1-c1ccc2c(n1)CNC[C@]21CCN(c2cccc(OC)c2C(F)(F)F)CC1CC. The minimum absolute atomic E-state index is 0.142. The zero-order chi connectivity index (χ0) is 26.9. The van der Waals surface area contributed by atoms with Crippen molar-refractivity contribution < 1.29 is 22.6 Å². The summed E-state index contributed by atoms with van der Waals surface area (Å²) in [6, 6.07) is 16.7. The summed E-state index contributed by atoms with van der Waals surface area (Å²) in [5, 5.41) is 3.58. The Morgan fingerprint density at radius 2 is 1.84 bits per heavy atom. The summed E-state index contributed by atoms with van der Waals surface area (Å²) in [6.45, 7) is 7.16. The van der Waals surface area contributed by atoms with E-state index in [0.717, 1.165) is 42.1 Å². The first kappa shape index (κ1) is 26.4. The quantitative estimate of drug-likeness (QED) is 0.401. The van der Waals surface area contributed by atoms with Crippen LogP contribution < -0.4 is 19.7 Å². The van der Waals surface area contributed by atoms with Crippen molar-refractivity contribution >= 4 is 5.69 Å². The summed E-state index contributed by atoms with van der Waals surface area (Å²) in [7, 11) is 1.28. The molecule has 0 saturated carbocycles. The molecule has 0 bridgehead atoms. The van der Waals surface area contributed by atoms with E-state index in [1.807, 2.05) is 36.1 Å². The number of rotatable bonds is 6. The lowest BCUT2D eigenvalue weighted by Crippen LogP contribution is -2.57. The predicted octanol–water partition coefficient (Wildman–Crippen LogP) is 6.45. The molecule has 1 unspecified atom stereocenters. The summed E-state index contributed by atoms with van der Waals surface area (Å²) >= 11 is 0. The molecule has 1 fully saturated rings. The average molecular weight is 526 g/mol. The minimum atomic E-state index is -4.50. The number of hydrogen-bond donors (Lipinski definition) is 1. The van der Waals surface area contributed by atoms with Gasteiger partial charge in [-0.15, -0.1) is 0 Å². The monoisotopic (exact) mass is 525 g/mol. The number of pyridine rings is 1. The standard InChI is InChI=1S/C30H34F3N3O2/c1-4-20-18-36(25-10-8-12-27(37-3)28(25)30(31,32)33)16-15-29(20)19-34-17-24-22(29)13-14-23(35-24)21-9-6-7-11-26(21)38-5-2/h6-14,20,34H,4-5,15-19H2,1-3H3/t20?,29-/m0/s1. The molecule has 2 aliphatic rings. The number of ether oxygens (including phenoxy) is 2. The maximum atomic E-state index is 14.1. The number of fused-ring (bicyclic) bond motifs is 2. The molecule has 2 aromatic carbocycles. The molecule has 0 radical (unpaired) electrons. The molecule has 38 heavy (non-hydrogen) atoms. The second-order valence-electron chi connectivity index (χ2n) is 10.0. The van der Waals surface area contributed by atoms with Crippen LogP contribution in [0.4, 0.5) is 18.9 Å². The molecule has 2 aliphatic heterocycles. The van der Waals surface area contributed by atoms with Crippen molar-refractivity contribution in [3.05, 3.63) is 71.4 Å². The van der Waals surface area contributed by atoms with E-state index in [9.17, 15) is 13.2 Å². The van der Waals surface area contributed by atoms with Gasteiger partial charge in [0.1, 0.15) is 17.1 Å². The smallest absolute Gasteiger partial charge is 0.421 e.